The van der Waals surface area contributed by atoms with Gasteiger partial charge >= 0.3 is 0 Å². The summed E-state index contributed by atoms with van der Waals surface area (Å²) in [4.78, 5) is 17.6. The van der Waals surface area contributed by atoms with E-state index in [9.17, 15) is 4.79 Å². The van der Waals surface area contributed by atoms with Crippen LogP contribution in [-0.4, -0.2) is 56.1 Å². The molecule has 0 unspecified atom stereocenters. The summed E-state index contributed by atoms with van der Waals surface area (Å²) in [6.45, 7) is 5.00. The Hall–Kier alpha value is -1.60. The van der Waals surface area contributed by atoms with E-state index in [1.807, 2.05) is 17.5 Å². The second-order valence-corrected chi connectivity index (χ2v) is 6.85. The number of hydrogen-bond donors (Lipinski definition) is 1. The van der Waals surface area contributed by atoms with Crippen LogP contribution in [0.25, 0.3) is 0 Å². The van der Waals surface area contributed by atoms with E-state index < -0.39 is 0 Å². The van der Waals surface area contributed by atoms with Gasteiger partial charge in [0, 0.05) is 38.4 Å². The van der Waals surface area contributed by atoms with Gasteiger partial charge in [0.05, 0.1) is 4.88 Å². The summed E-state index contributed by atoms with van der Waals surface area (Å²) in [5.74, 6) is 0.0251. The van der Waals surface area contributed by atoms with Gasteiger partial charge in [0.1, 0.15) is 0 Å². The van der Waals surface area contributed by atoms with E-state index in [0.29, 0.717) is 6.54 Å². The molecule has 1 saturated heterocycles. The summed E-state index contributed by atoms with van der Waals surface area (Å²) in [5.41, 5.74) is 2.62. The normalized spacial score (nSPS) is 14.4. The number of para-hydroxylation sites is 1. The zero-order valence-corrected chi connectivity index (χ0v) is 16.0. The SMILES string of the molecule is CN1CCN(c2ccccc2CCNC(=O)c2cccs2)CC1.Cl.O. The highest BCUT2D eigenvalue weighted by atomic mass is 35.5. The average Bonchev–Trinajstić information content (AvgIpc) is 3.11. The fourth-order valence-corrected chi connectivity index (χ4v) is 3.52. The summed E-state index contributed by atoms with van der Waals surface area (Å²) in [7, 11) is 2.17. The molecule has 138 valence electrons. The predicted molar refractivity (Wildman–Crippen MR) is 107 cm³/mol. The van der Waals surface area contributed by atoms with E-state index in [2.05, 4.69) is 46.4 Å². The Kier molecular flexibility index (Phi) is 8.92. The molecule has 5 nitrogen and oxygen atoms in total. The molecule has 1 amide bonds. The monoisotopic (exact) mass is 383 g/mol. The molecule has 0 spiro atoms. The van der Waals surface area contributed by atoms with Crippen LogP contribution in [0.4, 0.5) is 5.69 Å². The first kappa shape index (κ1) is 21.4. The number of likely N-dealkylation sites (N-methyl/N-ethyl adjacent to an activating group) is 1. The number of halogens is 1. The highest BCUT2D eigenvalue weighted by molar-refractivity contribution is 7.12. The van der Waals surface area contributed by atoms with Gasteiger partial charge in [0.15, 0.2) is 0 Å². The number of amides is 1. The minimum Gasteiger partial charge on any atom is -0.412 e. The van der Waals surface area contributed by atoms with E-state index in [1.165, 1.54) is 22.6 Å². The molecule has 1 aliphatic rings. The van der Waals surface area contributed by atoms with Crippen molar-refractivity contribution in [3.8, 4) is 0 Å². The van der Waals surface area contributed by atoms with Gasteiger partial charge in [-0.05, 0) is 36.5 Å². The predicted octanol–water partition coefficient (Wildman–Crippen LogP) is 2.07. The van der Waals surface area contributed by atoms with Gasteiger partial charge in [-0.2, -0.15) is 0 Å². The van der Waals surface area contributed by atoms with Crippen LogP contribution in [0.3, 0.4) is 0 Å². The lowest BCUT2D eigenvalue weighted by atomic mass is 10.1. The summed E-state index contributed by atoms with van der Waals surface area (Å²) in [6, 6.07) is 12.3. The fraction of sp³-hybridized carbons (Fsp3) is 0.389. The second kappa shape index (κ2) is 10.4. The first-order valence-electron chi connectivity index (χ1n) is 8.07. The van der Waals surface area contributed by atoms with Crippen molar-refractivity contribution in [2.24, 2.45) is 0 Å². The number of hydrogen-bond acceptors (Lipinski definition) is 4. The summed E-state index contributed by atoms with van der Waals surface area (Å²) in [5, 5.41) is 4.94. The molecule has 1 fully saturated rings. The third kappa shape index (κ3) is 5.71. The number of anilines is 1. The maximum Gasteiger partial charge on any atom is 0.261 e. The Morgan fingerprint density at radius 1 is 1.12 bits per heavy atom. The summed E-state index contributed by atoms with van der Waals surface area (Å²) >= 11 is 1.48. The van der Waals surface area contributed by atoms with Crippen molar-refractivity contribution in [1.82, 2.24) is 10.2 Å². The first-order valence-corrected chi connectivity index (χ1v) is 8.95. The van der Waals surface area contributed by atoms with Crippen LogP contribution in [0.2, 0.25) is 0 Å². The third-order valence-corrected chi connectivity index (χ3v) is 5.13. The molecule has 0 aliphatic carbocycles. The van der Waals surface area contributed by atoms with Gasteiger partial charge in [-0.25, -0.2) is 0 Å². The highest BCUT2D eigenvalue weighted by Gasteiger charge is 2.16. The van der Waals surface area contributed by atoms with Crippen molar-refractivity contribution >= 4 is 35.3 Å². The lowest BCUT2D eigenvalue weighted by Crippen LogP contribution is -2.44. The molecule has 2 aromatic rings. The topological polar surface area (TPSA) is 67.1 Å². The van der Waals surface area contributed by atoms with Crippen LogP contribution in [0.5, 0.6) is 0 Å². The zero-order valence-electron chi connectivity index (χ0n) is 14.4. The van der Waals surface area contributed by atoms with Crippen molar-refractivity contribution in [3.05, 3.63) is 52.2 Å². The molecule has 1 aliphatic heterocycles. The van der Waals surface area contributed by atoms with Gasteiger partial charge in [-0.15, -0.1) is 23.7 Å². The van der Waals surface area contributed by atoms with E-state index in [-0.39, 0.29) is 23.8 Å². The quantitative estimate of drug-likeness (QED) is 0.859. The van der Waals surface area contributed by atoms with Crippen LogP contribution >= 0.6 is 23.7 Å². The molecule has 0 saturated carbocycles. The smallest absolute Gasteiger partial charge is 0.261 e. The molecule has 1 aromatic carbocycles. The standard InChI is InChI=1S/C18H23N3OS.ClH.H2O/c1-20-10-12-21(13-11-20)16-6-3-2-5-15(16)8-9-19-18(22)17-7-4-14-23-17;;/h2-7,14H,8-13H2,1H3,(H,19,22);1H;1H2. The number of piperazine rings is 1. The lowest BCUT2D eigenvalue weighted by Gasteiger charge is -2.35. The van der Waals surface area contributed by atoms with E-state index in [4.69, 9.17) is 0 Å². The molecular weight excluding hydrogens is 358 g/mol. The maximum atomic E-state index is 12.0. The summed E-state index contributed by atoms with van der Waals surface area (Å²) in [6.07, 6.45) is 0.861. The molecule has 1 aromatic heterocycles. The molecule has 0 atom stereocenters. The first-order chi connectivity index (χ1) is 11.2. The number of nitrogens with one attached hydrogen (secondary N) is 1. The van der Waals surface area contributed by atoms with Crippen LogP contribution in [0.15, 0.2) is 41.8 Å². The third-order valence-electron chi connectivity index (χ3n) is 4.26. The minimum atomic E-state index is 0. The molecule has 0 radical (unpaired) electrons. The highest BCUT2D eigenvalue weighted by Crippen LogP contribution is 2.22. The van der Waals surface area contributed by atoms with Crippen molar-refractivity contribution in [3.63, 3.8) is 0 Å². The number of rotatable bonds is 5. The lowest BCUT2D eigenvalue weighted by molar-refractivity contribution is 0.0958. The molecule has 2 heterocycles. The minimum absolute atomic E-state index is 0. The van der Waals surface area contributed by atoms with E-state index in [0.717, 1.165) is 37.5 Å². The second-order valence-electron chi connectivity index (χ2n) is 5.90. The molecule has 3 N–H and O–H groups in total. The van der Waals surface area contributed by atoms with Gasteiger partial charge in [0.2, 0.25) is 0 Å². The van der Waals surface area contributed by atoms with Gasteiger partial charge in [-0.3, -0.25) is 4.79 Å². The Bertz CT molecular complexity index is 644. The number of benzene rings is 1. The number of carbonyl (C=O) groups excluding carboxylic acids is 1. The summed E-state index contributed by atoms with van der Waals surface area (Å²) < 4.78 is 0. The Morgan fingerprint density at radius 3 is 2.52 bits per heavy atom. The molecule has 25 heavy (non-hydrogen) atoms. The molecule has 7 heteroatoms. The number of carbonyl (C=O) groups is 1. The average molecular weight is 384 g/mol. The maximum absolute atomic E-state index is 12.0. The zero-order chi connectivity index (χ0) is 16.1. The molecular formula is C18H26ClN3O2S. The fourth-order valence-electron chi connectivity index (χ4n) is 2.88. The van der Waals surface area contributed by atoms with Gasteiger partial charge in [-0.1, -0.05) is 24.3 Å². The number of nitrogens with zero attached hydrogens (tertiary/aromatic N) is 2. The van der Waals surface area contributed by atoms with E-state index >= 15 is 0 Å². The van der Waals surface area contributed by atoms with Crippen molar-refractivity contribution < 1.29 is 10.3 Å². The van der Waals surface area contributed by atoms with Gasteiger partial charge < -0.3 is 20.6 Å². The van der Waals surface area contributed by atoms with Crippen molar-refractivity contribution in [2.45, 2.75) is 6.42 Å². The van der Waals surface area contributed by atoms with Crippen LogP contribution in [0, 0.1) is 0 Å². The van der Waals surface area contributed by atoms with Crippen LogP contribution in [-0.2, 0) is 6.42 Å². The van der Waals surface area contributed by atoms with Crippen LogP contribution in [0.1, 0.15) is 15.2 Å². The van der Waals surface area contributed by atoms with Crippen molar-refractivity contribution in [1.29, 1.82) is 0 Å². The van der Waals surface area contributed by atoms with Crippen LogP contribution < -0.4 is 10.2 Å². The largest absolute Gasteiger partial charge is 0.412 e. The molecule has 3 rings (SSSR count). The molecule has 0 bridgehead atoms. The Balaban J connectivity index is 0.00000156. The van der Waals surface area contributed by atoms with E-state index in [1.54, 1.807) is 0 Å². The van der Waals surface area contributed by atoms with Gasteiger partial charge in [0.25, 0.3) is 5.91 Å². The number of thiophene rings is 1. The Morgan fingerprint density at radius 2 is 1.84 bits per heavy atom. The Labute approximate surface area is 159 Å². The van der Waals surface area contributed by atoms with Crippen molar-refractivity contribution in [2.75, 3.05) is 44.7 Å².